The van der Waals surface area contributed by atoms with Crippen LogP contribution in [-0.2, 0) is 13.2 Å². The minimum atomic E-state index is -0.0690. The van der Waals surface area contributed by atoms with Gasteiger partial charge in [-0.3, -0.25) is 9.97 Å². The molecule has 0 atom stereocenters. The first-order chi connectivity index (χ1) is 10.3. The summed E-state index contributed by atoms with van der Waals surface area (Å²) in [6.07, 6.45) is 3.39. The molecule has 21 heavy (non-hydrogen) atoms. The molecule has 1 N–H and O–H groups in total. The highest BCUT2D eigenvalue weighted by Gasteiger charge is 2.05. The van der Waals surface area contributed by atoms with Crippen molar-refractivity contribution in [3.05, 3.63) is 64.5 Å². The molecule has 2 aromatic heterocycles. The van der Waals surface area contributed by atoms with Gasteiger partial charge in [0, 0.05) is 21.6 Å². The lowest BCUT2D eigenvalue weighted by molar-refractivity contribution is 0.275. The number of hydrogen-bond donors (Lipinski definition) is 1. The Kier molecular flexibility index (Phi) is 4.13. The third kappa shape index (κ3) is 3.20. The second-order valence-electron chi connectivity index (χ2n) is 4.57. The molecule has 0 radical (unpaired) electrons. The number of rotatable bonds is 4. The maximum atomic E-state index is 8.97. The van der Waals surface area contributed by atoms with Gasteiger partial charge in [0.1, 0.15) is 12.4 Å². The number of ether oxygens (including phenoxy) is 1. The van der Waals surface area contributed by atoms with E-state index in [4.69, 9.17) is 9.84 Å². The van der Waals surface area contributed by atoms with E-state index in [0.717, 1.165) is 20.9 Å². The summed E-state index contributed by atoms with van der Waals surface area (Å²) in [5, 5.41) is 10.0. The van der Waals surface area contributed by atoms with Gasteiger partial charge in [0.05, 0.1) is 24.0 Å². The molecule has 0 spiro atoms. The number of halogens is 1. The number of pyridine rings is 2. The number of aliphatic hydroxyl groups excluding tert-OH is 1. The van der Waals surface area contributed by atoms with Gasteiger partial charge in [0.15, 0.2) is 0 Å². The Bertz CT molecular complexity index is 760. The van der Waals surface area contributed by atoms with Crippen molar-refractivity contribution in [1.82, 2.24) is 9.97 Å². The van der Waals surface area contributed by atoms with Crippen molar-refractivity contribution < 1.29 is 9.84 Å². The number of aliphatic hydroxyl groups is 1. The van der Waals surface area contributed by atoms with Crippen LogP contribution in [-0.4, -0.2) is 15.1 Å². The second kappa shape index (κ2) is 6.20. The molecule has 0 amide bonds. The van der Waals surface area contributed by atoms with Gasteiger partial charge in [0.2, 0.25) is 0 Å². The number of aromatic nitrogens is 2. The zero-order valence-electron chi connectivity index (χ0n) is 11.2. The third-order valence-corrected chi connectivity index (χ3v) is 3.56. The van der Waals surface area contributed by atoms with Crippen molar-refractivity contribution in [1.29, 1.82) is 0 Å². The van der Waals surface area contributed by atoms with Crippen LogP contribution in [0.5, 0.6) is 5.75 Å². The molecule has 0 saturated heterocycles. The lowest BCUT2D eigenvalue weighted by Crippen LogP contribution is -1.99. The maximum absolute atomic E-state index is 8.97. The molecule has 2 heterocycles. The fraction of sp³-hybridized carbons (Fsp3) is 0.125. The van der Waals surface area contributed by atoms with Crippen LogP contribution in [0.4, 0.5) is 0 Å². The smallest absolute Gasteiger partial charge is 0.138 e. The summed E-state index contributed by atoms with van der Waals surface area (Å²) >= 11 is 3.50. The molecule has 3 aromatic rings. The quantitative estimate of drug-likeness (QED) is 0.787. The molecule has 0 bridgehead atoms. The fourth-order valence-corrected chi connectivity index (χ4v) is 2.61. The van der Waals surface area contributed by atoms with Crippen molar-refractivity contribution in [3.8, 4) is 5.75 Å². The van der Waals surface area contributed by atoms with Gasteiger partial charge in [-0.15, -0.1) is 0 Å². The predicted molar refractivity (Wildman–Crippen MR) is 83.9 cm³/mol. The van der Waals surface area contributed by atoms with E-state index in [1.54, 1.807) is 24.5 Å². The number of fused-ring (bicyclic) bond motifs is 1. The molecule has 1 aromatic carbocycles. The Balaban J connectivity index is 1.84. The van der Waals surface area contributed by atoms with Gasteiger partial charge >= 0.3 is 0 Å². The zero-order valence-corrected chi connectivity index (χ0v) is 12.7. The van der Waals surface area contributed by atoms with Crippen molar-refractivity contribution in [2.75, 3.05) is 0 Å². The first-order valence-electron chi connectivity index (χ1n) is 6.48. The summed E-state index contributed by atoms with van der Waals surface area (Å²) in [7, 11) is 0. The van der Waals surface area contributed by atoms with E-state index in [-0.39, 0.29) is 6.61 Å². The number of benzene rings is 1. The molecular formula is C16H13BrN2O2. The van der Waals surface area contributed by atoms with E-state index < -0.39 is 0 Å². The number of hydrogen-bond acceptors (Lipinski definition) is 4. The molecule has 0 aliphatic rings. The standard InChI is InChI=1S/C16H13BrN2O2/c17-13-6-11-2-1-5-18-16(11)12(7-13)10-21-15-4-3-14(9-20)19-8-15/h1-8,20H,9-10H2. The van der Waals surface area contributed by atoms with E-state index in [1.807, 2.05) is 24.3 Å². The Morgan fingerprint density at radius 2 is 2.05 bits per heavy atom. The van der Waals surface area contributed by atoms with Crippen LogP contribution in [0.15, 0.2) is 53.3 Å². The Labute approximate surface area is 130 Å². The summed E-state index contributed by atoms with van der Waals surface area (Å²) in [5.41, 5.74) is 2.56. The zero-order chi connectivity index (χ0) is 14.7. The van der Waals surface area contributed by atoms with Gasteiger partial charge < -0.3 is 9.84 Å². The molecule has 5 heteroatoms. The maximum Gasteiger partial charge on any atom is 0.138 e. The summed E-state index contributed by atoms with van der Waals surface area (Å²) < 4.78 is 6.75. The van der Waals surface area contributed by atoms with Crippen LogP contribution in [0.3, 0.4) is 0 Å². The van der Waals surface area contributed by atoms with E-state index in [1.165, 1.54) is 0 Å². The predicted octanol–water partition coefficient (Wildman–Crippen LogP) is 3.46. The average molecular weight is 345 g/mol. The monoisotopic (exact) mass is 344 g/mol. The molecule has 3 rings (SSSR count). The molecule has 106 valence electrons. The lowest BCUT2D eigenvalue weighted by Gasteiger charge is -2.09. The van der Waals surface area contributed by atoms with Crippen LogP contribution in [0.25, 0.3) is 10.9 Å². The van der Waals surface area contributed by atoms with Crippen LogP contribution in [0.2, 0.25) is 0 Å². The normalized spacial score (nSPS) is 10.8. The summed E-state index contributed by atoms with van der Waals surface area (Å²) in [5.74, 6) is 0.663. The van der Waals surface area contributed by atoms with Crippen LogP contribution in [0.1, 0.15) is 11.3 Å². The second-order valence-corrected chi connectivity index (χ2v) is 5.49. The Hall–Kier alpha value is -1.98. The van der Waals surface area contributed by atoms with E-state index >= 15 is 0 Å². The Morgan fingerprint density at radius 1 is 1.14 bits per heavy atom. The molecule has 4 nitrogen and oxygen atoms in total. The fourth-order valence-electron chi connectivity index (χ4n) is 2.09. The molecule has 0 saturated carbocycles. The number of nitrogens with zero attached hydrogens (tertiary/aromatic N) is 2. The van der Waals surface area contributed by atoms with Crippen LogP contribution < -0.4 is 4.74 Å². The highest BCUT2D eigenvalue weighted by Crippen LogP contribution is 2.24. The van der Waals surface area contributed by atoms with E-state index in [9.17, 15) is 0 Å². The first kappa shape index (κ1) is 14.0. The van der Waals surface area contributed by atoms with Crippen LogP contribution >= 0.6 is 15.9 Å². The minimum Gasteiger partial charge on any atom is -0.487 e. The van der Waals surface area contributed by atoms with E-state index in [2.05, 4.69) is 25.9 Å². The minimum absolute atomic E-state index is 0.0690. The lowest BCUT2D eigenvalue weighted by atomic mass is 10.1. The van der Waals surface area contributed by atoms with Crippen molar-refractivity contribution >= 4 is 26.8 Å². The molecule has 0 unspecified atom stereocenters. The van der Waals surface area contributed by atoms with E-state index in [0.29, 0.717) is 18.1 Å². The van der Waals surface area contributed by atoms with Gasteiger partial charge in [-0.25, -0.2) is 0 Å². The SMILES string of the molecule is OCc1ccc(OCc2cc(Br)cc3cccnc23)cn1. The molecule has 0 fully saturated rings. The largest absolute Gasteiger partial charge is 0.487 e. The highest BCUT2D eigenvalue weighted by molar-refractivity contribution is 9.10. The van der Waals surface area contributed by atoms with Crippen molar-refractivity contribution in [2.45, 2.75) is 13.2 Å². The summed E-state index contributed by atoms with van der Waals surface area (Å²) in [6.45, 7) is 0.341. The topological polar surface area (TPSA) is 55.2 Å². The van der Waals surface area contributed by atoms with Gasteiger partial charge in [-0.05, 0) is 30.3 Å². The summed E-state index contributed by atoms with van der Waals surface area (Å²) in [4.78, 5) is 8.50. The highest BCUT2D eigenvalue weighted by atomic mass is 79.9. The molecular weight excluding hydrogens is 332 g/mol. The van der Waals surface area contributed by atoms with Gasteiger partial charge in [-0.1, -0.05) is 22.0 Å². The summed E-state index contributed by atoms with van der Waals surface area (Å²) in [6, 6.07) is 11.5. The van der Waals surface area contributed by atoms with Crippen molar-refractivity contribution in [2.24, 2.45) is 0 Å². The van der Waals surface area contributed by atoms with Gasteiger partial charge in [0.25, 0.3) is 0 Å². The third-order valence-electron chi connectivity index (χ3n) is 3.10. The van der Waals surface area contributed by atoms with Crippen molar-refractivity contribution in [3.63, 3.8) is 0 Å². The van der Waals surface area contributed by atoms with Gasteiger partial charge in [-0.2, -0.15) is 0 Å². The first-order valence-corrected chi connectivity index (χ1v) is 7.27. The average Bonchev–Trinajstić information content (AvgIpc) is 2.53. The van der Waals surface area contributed by atoms with Crippen LogP contribution in [0, 0.1) is 0 Å². The molecule has 0 aliphatic carbocycles. The molecule has 0 aliphatic heterocycles. The Morgan fingerprint density at radius 3 is 2.81 bits per heavy atom.